The van der Waals surface area contributed by atoms with Crippen LogP contribution in [0.25, 0.3) is 11.1 Å². The Morgan fingerprint density at radius 2 is 1.66 bits per heavy atom. The van der Waals surface area contributed by atoms with Gasteiger partial charge in [0.15, 0.2) is 0 Å². The van der Waals surface area contributed by atoms with Crippen LogP contribution in [-0.4, -0.2) is 28.6 Å². The standard InChI is InChI=1S/C33H38N2O3/c1-4-5-6-7-8-14-19-37-31-21-26(20-30-28-16-12-13-17-29(28)33(30)31)27-22-34-32(35-23-27)18-11-9-10-15-24(2)38-25(3)36/h12-13,16-17,20-24H,4-10,14-15,19H2,1-3H3. The molecular weight excluding hydrogens is 472 g/mol. The van der Waals surface area contributed by atoms with Gasteiger partial charge in [-0.2, -0.15) is 0 Å². The van der Waals surface area contributed by atoms with Crippen molar-refractivity contribution in [3.8, 4) is 28.7 Å². The Kier molecular flexibility index (Phi) is 9.92. The second-order valence-electron chi connectivity index (χ2n) is 9.97. The summed E-state index contributed by atoms with van der Waals surface area (Å²) in [6.07, 6.45) is 13.4. The van der Waals surface area contributed by atoms with Gasteiger partial charge in [0.25, 0.3) is 0 Å². The van der Waals surface area contributed by atoms with E-state index in [4.69, 9.17) is 9.47 Å². The molecule has 0 spiro atoms. The number of aromatic nitrogens is 2. The molecule has 1 heterocycles. The number of carbonyl (C=O) groups excluding carboxylic acids is 1. The van der Waals surface area contributed by atoms with Gasteiger partial charge in [0, 0.05) is 36.5 Å². The molecule has 5 heteroatoms. The number of fused-ring (bicyclic) bond motifs is 2. The van der Waals surface area contributed by atoms with Crippen molar-refractivity contribution in [2.24, 2.45) is 0 Å². The fourth-order valence-electron chi connectivity index (χ4n) is 4.83. The van der Waals surface area contributed by atoms with Crippen LogP contribution in [0.3, 0.4) is 0 Å². The molecule has 0 amide bonds. The van der Waals surface area contributed by atoms with E-state index in [0.29, 0.717) is 12.2 Å². The largest absolute Gasteiger partial charge is 0.493 e. The Labute approximate surface area is 225 Å². The Balaban J connectivity index is 1.43. The number of carbonyl (C=O) groups is 1. The van der Waals surface area contributed by atoms with Crippen molar-refractivity contribution in [1.29, 1.82) is 0 Å². The molecule has 5 nitrogen and oxygen atoms in total. The first-order chi connectivity index (χ1) is 18.6. The number of ether oxygens (including phenoxy) is 2. The van der Waals surface area contributed by atoms with Crippen molar-refractivity contribution in [1.82, 2.24) is 9.97 Å². The SMILES string of the molecule is CCCCCCCCOc1cc(-c2cnc(C#CCCCC(C)OC(C)=O)nc2)cc2c1=c1ccccc1=2. The summed E-state index contributed by atoms with van der Waals surface area (Å²) in [4.78, 5) is 20.0. The predicted octanol–water partition coefficient (Wildman–Crippen LogP) is 7.24. The van der Waals surface area contributed by atoms with Crippen LogP contribution in [0.15, 0.2) is 48.8 Å². The van der Waals surface area contributed by atoms with Gasteiger partial charge in [-0.1, -0.05) is 69.2 Å². The Morgan fingerprint density at radius 3 is 2.42 bits per heavy atom. The van der Waals surface area contributed by atoms with E-state index in [2.05, 4.69) is 65.1 Å². The lowest BCUT2D eigenvalue weighted by molar-refractivity contribution is -0.145. The van der Waals surface area contributed by atoms with Crippen LogP contribution in [0, 0.1) is 32.7 Å². The van der Waals surface area contributed by atoms with E-state index in [-0.39, 0.29) is 12.1 Å². The minimum absolute atomic E-state index is 0.0837. The van der Waals surface area contributed by atoms with Crippen LogP contribution in [-0.2, 0) is 9.53 Å². The van der Waals surface area contributed by atoms with E-state index in [1.54, 1.807) is 0 Å². The maximum Gasteiger partial charge on any atom is 0.302 e. The van der Waals surface area contributed by atoms with E-state index in [9.17, 15) is 4.79 Å². The molecule has 1 aliphatic rings. The molecule has 0 saturated heterocycles. The van der Waals surface area contributed by atoms with Crippen LogP contribution in [0.5, 0.6) is 5.75 Å². The van der Waals surface area contributed by atoms with Gasteiger partial charge < -0.3 is 9.47 Å². The van der Waals surface area contributed by atoms with E-state index in [1.165, 1.54) is 59.9 Å². The van der Waals surface area contributed by atoms with Gasteiger partial charge in [-0.3, -0.25) is 4.79 Å². The number of nitrogens with zero attached hydrogens (tertiary/aromatic N) is 2. The highest BCUT2D eigenvalue weighted by Gasteiger charge is 2.12. The first-order valence-electron chi connectivity index (χ1n) is 14.0. The van der Waals surface area contributed by atoms with Crippen molar-refractivity contribution in [2.45, 2.75) is 84.7 Å². The highest BCUT2D eigenvalue weighted by atomic mass is 16.5. The molecule has 198 valence electrons. The normalized spacial score (nSPS) is 11.9. The lowest BCUT2D eigenvalue weighted by Gasteiger charge is -2.14. The van der Waals surface area contributed by atoms with E-state index >= 15 is 0 Å². The summed E-state index contributed by atoms with van der Waals surface area (Å²) in [6.45, 7) is 6.31. The van der Waals surface area contributed by atoms with Crippen LogP contribution < -0.4 is 4.74 Å². The first-order valence-corrected chi connectivity index (χ1v) is 14.0. The van der Waals surface area contributed by atoms with Gasteiger partial charge in [0.05, 0.1) is 12.7 Å². The smallest absolute Gasteiger partial charge is 0.302 e. The third-order valence-electron chi connectivity index (χ3n) is 6.81. The molecule has 1 unspecified atom stereocenters. The zero-order valence-corrected chi connectivity index (χ0v) is 22.9. The average molecular weight is 511 g/mol. The Hall–Kier alpha value is -3.65. The molecule has 3 aromatic rings. The highest BCUT2D eigenvalue weighted by Crippen LogP contribution is 2.30. The Bertz CT molecular complexity index is 1490. The van der Waals surface area contributed by atoms with Crippen molar-refractivity contribution in [2.75, 3.05) is 6.61 Å². The zero-order chi connectivity index (χ0) is 26.7. The van der Waals surface area contributed by atoms with Crippen LogP contribution in [0.1, 0.15) is 84.4 Å². The molecule has 0 radical (unpaired) electrons. The molecule has 1 aromatic heterocycles. The van der Waals surface area contributed by atoms with Gasteiger partial charge in [-0.15, -0.1) is 0 Å². The minimum Gasteiger partial charge on any atom is -0.493 e. The summed E-state index contributed by atoms with van der Waals surface area (Å²) in [5, 5.41) is 4.96. The van der Waals surface area contributed by atoms with Gasteiger partial charge in [0.2, 0.25) is 5.82 Å². The fourth-order valence-corrected chi connectivity index (χ4v) is 4.83. The van der Waals surface area contributed by atoms with Crippen LogP contribution in [0.2, 0.25) is 0 Å². The summed E-state index contributed by atoms with van der Waals surface area (Å²) in [7, 11) is 0. The lowest BCUT2D eigenvalue weighted by Crippen LogP contribution is -2.11. The molecule has 4 rings (SSSR count). The molecule has 38 heavy (non-hydrogen) atoms. The number of hydrogen-bond donors (Lipinski definition) is 0. The van der Waals surface area contributed by atoms with Crippen LogP contribution >= 0.6 is 0 Å². The first kappa shape index (κ1) is 27.4. The molecule has 0 aliphatic heterocycles. The van der Waals surface area contributed by atoms with Crippen molar-refractivity contribution < 1.29 is 14.3 Å². The minimum atomic E-state index is -0.245. The number of unbranched alkanes of at least 4 members (excludes halogenated alkanes) is 6. The van der Waals surface area contributed by atoms with Crippen molar-refractivity contribution in [3.05, 3.63) is 75.5 Å². The predicted molar refractivity (Wildman–Crippen MR) is 150 cm³/mol. The molecule has 2 aromatic carbocycles. The lowest BCUT2D eigenvalue weighted by atomic mass is 9.96. The molecule has 1 aliphatic carbocycles. The number of hydrogen-bond acceptors (Lipinski definition) is 5. The second-order valence-corrected chi connectivity index (χ2v) is 9.97. The summed E-state index contributed by atoms with van der Waals surface area (Å²) in [5.41, 5.74) is 2.00. The average Bonchev–Trinajstić information content (AvgIpc) is 2.90. The molecule has 0 saturated carbocycles. The molecule has 0 fully saturated rings. The number of rotatable bonds is 13. The second kappa shape index (κ2) is 13.8. The van der Waals surface area contributed by atoms with Gasteiger partial charge in [-0.25, -0.2) is 9.97 Å². The van der Waals surface area contributed by atoms with Crippen LogP contribution in [0.4, 0.5) is 0 Å². The molecular formula is C33H38N2O3. The van der Waals surface area contributed by atoms with Gasteiger partial charge in [-0.05, 0) is 65.5 Å². The summed E-state index contributed by atoms with van der Waals surface area (Å²) in [5.74, 6) is 7.37. The number of benzene rings is 2. The monoisotopic (exact) mass is 510 g/mol. The fraction of sp³-hybridized carbons (Fsp3) is 0.424. The van der Waals surface area contributed by atoms with E-state index in [0.717, 1.165) is 42.7 Å². The van der Waals surface area contributed by atoms with E-state index in [1.807, 2.05) is 19.3 Å². The summed E-state index contributed by atoms with van der Waals surface area (Å²) < 4.78 is 11.5. The maximum absolute atomic E-state index is 11.0. The third-order valence-corrected chi connectivity index (χ3v) is 6.81. The summed E-state index contributed by atoms with van der Waals surface area (Å²) in [6, 6.07) is 12.8. The Morgan fingerprint density at radius 1 is 0.921 bits per heavy atom. The summed E-state index contributed by atoms with van der Waals surface area (Å²) >= 11 is 0. The third kappa shape index (κ3) is 7.22. The van der Waals surface area contributed by atoms with Crippen molar-refractivity contribution >= 4 is 5.97 Å². The van der Waals surface area contributed by atoms with Gasteiger partial charge >= 0.3 is 5.97 Å². The van der Waals surface area contributed by atoms with E-state index < -0.39 is 0 Å². The molecule has 0 N–H and O–H groups in total. The highest BCUT2D eigenvalue weighted by molar-refractivity contribution is 5.66. The zero-order valence-electron chi connectivity index (χ0n) is 22.9. The maximum atomic E-state index is 11.0. The van der Waals surface area contributed by atoms with Crippen molar-refractivity contribution in [3.63, 3.8) is 0 Å². The quantitative estimate of drug-likeness (QED) is 0.108. The molecule has 0 bridgehead atoms. The topological polar surface area (TPSA) is 61.3 Å². The molecule has 1 atom stereocenters. The van der Waals surface area contributed by atoms with Gasteiger partial charge in [0.1, 0.15) is 5.75 Å². The number of esters is 1.